The van der Waals surface area contributed by atoms with Crippen LogP contribution in [0.4, 0.5) is 0 Å². The number of carboxylic acids is 1. The second kappa shape index (κ2) is 6.75. The third-order valence-electron chi connectivity index (χ3n) is 2.52. The van der Waals surface area contributed by atoms with Gasteiger partial charge < -0.3 is 14.9 Å². The zero-order valence-electron chi connectivity index (χ0n) is 10.4. The van der Waals surface area contributed by atoms with Crippen molar-refractivity contribution in [3.05, 3.63) is 28.2 Å². The van der Waals surface area contributed by atoms with E-state index in [-0.39, 0.29) is 0 Å². The average molecular weight is 317 g/mol. The highest BCUT2D eigenvalue weighted by atomic mass is 79.9. The summed E-state index contributed by atoms with van der Waals surface area (Å²) in [5.41, 5.74) is 0.576. The zero-order chi connectivity index (χ0) is 13.7. The summed E-state index contributed by atoms with van der Waals surface area (Å²) >= 11 is 3.31. The van der Waals surface area contributed by atoms with E-state index in [4.69, 9.17) is 9.84 Å². The molecule has 1 unspecified atom stereocenters. The largest absolute Gasteiger partial charge is 0.479 e. The van der Waals surface area contributed by atoms with Crippen LogP contribution in [0.1, 0.15) is 38.4 Å². The Bertz CT molecular complexity index is 417. The molecule has 18 heavy (non-hydrogen) atoms. The number of hydrogen-bond donors (Lipinski definition) is 2. The fraction of sp³-hybridized carbons (Fsp3) is 0.462. The van der Waals surface area contributed by atoms with Gasteiger partial charge >= 0.3 is 5.97 Å². The van der Waals surface area contributed by atoms with Gasteiger partial charge in [-0.15, -0.1) is 0 Å². The molecule has 5 heteroatoms. The Morgan fingerprint density at radius 2 is 2.17 bits per heavy atom. The molecule has 1 aromatic carbocycles. The van der Waals surface area contributed by atoms with Crippen molar-refractivity contribution in [2.24, 2.45) is 0 Å². The van der Waals surface area contributed by atoms with E-state index >= 15 is 0 Å². The maximum Gasteiger partial charge on any atom is 0.344 e. The maximum atomic E-state index is 11.0. The summed E-state index contributed by atoms with van der Waals surface area (Å²) in [6.45, 7) is 3.51. The molecule has 2 atom stereocenters. The highest BCUT2D eigenvalue weighted by Gasteiger charge is 2.20. The first kappa shape index (κ1) is 15.0. The second-order valence-corrected chi connectivity index (χ2v) is 5.01. The van der Waals surface area contributed by atoms with Crippen molar-refractivity contribution in [3.8, 4) is 5.75 Å². The molecule has 0 aliphatic rings. The summed E-state index contributed by atoms with van der Waals surface area (Å²) in [5, 5.41) is 18.7. The van der Waals surface area contributed by atoms with E-state index in [1.54, 1.807) is 25.1 Å². The van der Waals surface area contributed by atoms with Gasteiger partial charge in [0.05, 0.1) is 6.10 Å². The molecule has 0 heterocycles. The molecule has 0 amide bonds. The molecule has 0 aromatic heterocycles. The predicted octanol–water partition coefficient (Wildman–Crippen LogP) is 3.13. The lowest BCUT2D eigenvalue weighted by molar-refractivity contribution is -0.145. The zero-order valence-corrected chi connectivity index (χ0v) is 12.0. The molecule has 0 aliphatic carbocycles. The maximum absolute atomic E-state index is 11.0. The molecule has 1 rings (SSSR count). The summed E-state index contributed by atoms with van der Waals surface area (Å²) in [4.78, 5) is 11.0. The van der Waals surface area contributed by atoms with E-state index in [0.29, 0.717) is 17.7 Å². The summed E-state index contributed by atoms with van der Waals surface area (Å²) < 4.78 is 6.30. The lowest BCUT2D eigenvalue weighted by Crippen LogP contribution is -2.27. The molecule has 0 radical (unpaired) electrons. The number of aliphatic carboxylic acids is 1. The average Bonchev–Trinajstić information content (AvgIpc) is 2.30. The summed E-state index contributed by atoms with van der Waals surface area (Å²) in [7, 11) is 0. The van der Waals surface area contributed by atoms with Gasteiger partial charge in [0.15, 0.2) is 6.10 Å². The van der Waals surface area contributed by atoms with Crippen LogP contribution in [0.5, 0.6) is 5.75 Å². The Labute approximate surface area is 115 Å². The topological polar surface area (TPSA) is 66.8 Å². The standard InChI is InChI=1S/C13H17BrO4/c1-3-4-12(13(16)17)18-11-6-5-9(14)7-10(11)8(2)15/h5-8,12,15H,3-4H2,1-2H3,(H,16,17)/t8-,12?/m1/s1. The minimum Gasteiger partial charge on any atom is -0.479 e. The lowest BCUT2D eigenvalue weighted by Gasteiger charge is -2.18. The molecule has 0 saturated carbocycles. The van der Waals surface area contributed by atoms with Crippen molar-refractivity contribution in [1.82, 2.24) is 0 Å². The molecule has 1 aromatic rings. The van der Waals surface area contributed by atoms with E-state index < -0.39 is 18.2 Å². The van der Waals surface area contributed by atoms with Gasteiger partial charge in [0.1, 0.15) is 5.75 Å². The molecule has 0 bridgehead atoms. The molecule has 0 saturated heterocycles. The first-order chi connectivity index (χ1) is 8.45. The Hall–Kier alpha value is -1.07. The van der Waals surface area contributed by atoms with Crippen LogP contribution in [0.15, 0.2) is 22.7 Å². The van der Waals surface area contributed by atoms with Gasteiger partial charge in [0, 0.05) is 10.0 Å². The van der Waals surface area contributed by atoms with Crippen LogP contribution >= 0.6 is 15.9 Å². The fourth-order valence-corrected chi connectivity index (χ4v) is 1.98. The normalized spacial score (nSPS) is 14.0. The number of carbonyl (C=O) groups is 1. The van der Waals surface area contributed by atoms with E-state index in [1.165, 1.54) is 0 Å². The van der Waals surface area contributed by atoms with Crippen molar-refractivity contribution in [1.29, 1.82) is 0 Å². The summed E-state index contributed by atoms with van der Waals surface area (Å²) in [6.07, 6.45) is -0.440. The van der Waals surface area contributed by atoms with E-state index in [2.05, 4.69) is 15.9 Å². The van der Waals surface area contributed by atoms with Crippen molar-refractivity contribution >= 4 is 21.9 Å². The Balaban J connectivity index is 2.98. The molecule has 0 aliphatic heterocycles. The van der Waals surface area contributed by atoms with Crippen LogP contribution < -0.4 is 4.74 Å². The van der Waals surface area contributed by atoms with Crippen molar-refractivity contribution in [2.75, 3.05) is 0 Å². The predicted molar refractivity (Wildman–Crippen MR) is 71.7 cm³/mol. The van der Waals surface area contributed by atoms with Crippen molar-refractivity contribution in [2.45, 2.75) is 38.9 Å². The monoisotopic (exact) mass is 316 g/mol. The smallest absolute Gasteiger partial charge is 0.344 e. The molecular weight excluding hydrogens is 300 g/mol. The quantitative estimate of drug-likeness (QED) is 0.846. The first-order valence-corrected chi connectivity index (χ1v) is 6.62. The minimum absolute atomic E-state index is 0.411. The number of hydrogen-bond acceptors (Lipinski definition) is 3. The van der Waals surface area contributed by atoms with Gasteiger partial charge in [-0.1, -0.05) is 29.3 Å². The van der Waals surface area contributed by atoms with Gasteiger partial charge in [-0.25, -0.2) is 4.79 Å². The Morgan fingerprint density at radius 3 is 2.67 bits per heavy atom. The van der Waals surface area contributed by atoms with Gasteiger partial charge in [0.2, 0.25) is 0 Å². The summed E-state index contributed by atoms with van der Waals surface area (Å²) in [6, 6.07) is 5.15. The van der Waals surface area contributed by atoms with Crippen LogP contribution in [0.2, 0.25) is 0 Å². The summed E-state index contributed by atoms with van der Waals surface area (Å²) in [5.74, 6) is -0.578. The Morgan fingerprint density at radius 1 is 1.50 bits per heavy atom. The number of rotatable bonds is 6. The van der Waals surface area contributed by atoms with Gasteiger partial charge in [-0.3, -0.25) is 0 Å². The fourth-order valence-electron chi connectivity index (χ4n) is 1.60. The molecule has 2 N–H and O–H groups in total. The van der Waals surface area contributed by atoms with Crippen molar-refractivity contribution in [3.63, 3.8) is 0 Å². The molecular formula is C13H17BrO4. The van der Waals surface area contributed by atoms with E-state index in [9.17, 15) is 9.90 Å². The van der Waals surface area contributed by atoms with E-state index in [1.807, 2.05) is 6.92 Å². The third kappa shape index (κ3) is 3.99. The lowest BCUT2D eigenvalue weighted by atomic mass is 10.1. The van der Waals surface area contributed by atoms with Crippen LogP contribution in [-0.2, 0) is 4.79 Å². The van der Waals surface area contributed by atoms with Crippen LogP contribution in [-0.4, -0.2) is 22.3 Å². The van der Waals surface area contributed by atoms with Crippen LogP contribution in [0, 0.1) is 0 Å². The first-order valence-electron chi connectivity index (χ1n) is 5.82. The number of aliphatic hydroxyl groups excluding tert-OH is 1. The molecule has 0 fully saturated rings. The van der Waals surface area contributed by atoms with Gasteiger partial charge in [0.25, 0.3) is 0 Å². The molecule has 4 nitrogen and oxygen atoms in total. The second-order valence-electron chi connectivity index (χ2n) is 4.09. The van der Waals surface area contributed by atoms with Crippen LogP contribution in [0.25, 0.3) is 0 Å². The molecule has 0 spiro atoms. The van der Waals surface area contributed by atoms with E-state index in [0.717, 1.165) is 10.9 Å². The minimum atomic E-state index is -0.990. The number of aliphatic hydroxyl groups is 1. The highest BCUT2D eigenvalue weighted by Crippen LogP contribution is 2.29. The SMILES string of the molecule is CCCC(Oc1ccc(Br)cc1[C@@H](C)O)C(=O)O. The van der Waals surface area contributed by atoms with Gasteiger partial charge in [-0.05, 0) is 31.5 Å². The van der Waals surface area contributed by atoms with Crippen LogP contribution in [0.3, 0.4) is 0 Å². The number of benzene rings is 1. The van der Waals surface area contributed by atoms with Gasteiger partial charge in [-0.2, -0.15) is 0 Å². The van der Waals surface area contributed by atoms with Crippen molar-refractivity contribution < 1.29 is 19.7 Å². The Kier molecular flexibility index (Phi) is 5.62. The number of carboxylic acid groups (broad SMARTS) is 1. The number of ether oxygens (including phenoxy) is 1. The highest BCUT2D eigenvalue weighted by molar-refractivity contribution is 9.10. The third-order valence-corrected chi connectivity index (χ3v) is 3.01. The number of halogens is 1. The molecule has 100 valence electrons.